The monoisotopic (exact) mass is 669 g/mol. The van der Waals surface area contributed by atoms with E-state index in [9.17, 15) is 9.18 Å². The topological polar surface area (TPSA) is 104 Å². The standard InChI is InChI=1S/C37H48FN9O2/c1-24(2)34(27-15-29(16-27)45-11-4-10-44(13-14-45)25(3)48)47-20-37(21-47)9-12-46(19-37)35-36(43-42-23-41-35)49-32-8-7-28(38)17-30(32)31-18-39-22-40-33(31)26-5-6-26/h7-8,17-18,22-24,26-27,29,34H,4-6,9-16,19-21H2,1-3H3/t27?,29?,34-/m1/s1. The summed E-state index contributed by atoms with van der Waals surface area (Å²) in [6, 6.07) is 5.78. The average Bonchev–Trinajstić information content (AvgIpc) is 3.85. The Hall–Kier alpha value is -3.77. The van der Waals surface area contributed by atoms with Crippen LogP contribution < -0.4 is 9.64 Å². The van der Waals surface area contributed by atoms with Gasteiger partial charge in [-0.25, -0.2) is 19.3 Å². The molecule has 2 saturated carbocycles. The number of ether oxygens (including phenoxy) is 1. The zero-order chi connectivity index (χ0) is 33.7. The van der Waals surface area contributed by atoms with Gasteiger partial charge in [0, 0.05) is 100 Å². The van der Waals surface area contributed by atoms with E-state index in [1.54, 1.807) is 25.5 Å². The van der Waals surface area contributed by atoms with Crippen LogP contribution in [0, 0.1) is 23.1 Å². The van der Waals surface area contributed by atoms with Crippen LogP contribution in [0.5, 0.6) is 11.6 Å². The summed E-state index contributed by atoms with van der Waals surface area (Å²) in [5.74, 6) is 3.04. The Morgan fingerprint density at radius 3 is 2.61 bits per heavy atom. The first kappa shape index (κ1) is 32.4. The summed E-state index contributed by atoms with van der Waals surface area (Å²) in [6.07, 6.45) is 11.6. The molecule has 3 aliphatic heterocycles. The molecular formula is C37H48FN9O2. The second-order valence-electron chi connectivity index (χ2n) is 15.5. The van der Waals surface area contributed by atoms with Gasteiger partial charge >= 0.3 is 0 Å². The number of nitrogens with zero attached hydrogens (tertiary/aromatic N) is 9. The molecule has 1 spiro atoms. The SMILES string of the molecule is CC(=O)N1CCCN(C2CC([C@@H](C(C)C)N3CC4(CCN(c5ncnnc5Oc5ccc(F)cc5-c5cncnc5C5CC5)C4)C3)C2)CC1. The molecule has 3 saturated heterocycles. The quantitative estimate of drug-likeness (QED) is 0.309. The smallest absolute Gasteiger partial charge is 0.282 e. The number of hydrogen-bond acceptors (Lipinski definition) is 10. The lowest BCUT2D eigenvalue weighted by Gasteiger charge is -2.57. The Morgan fingerprint density at radius 2 is 1.84 bits per heavy atom. The number of amides is 1. The largest absolute Gasteiger partial charge is 0.434 e. The van der Waals surface area contributed by atoms with E-state index in [0.29, 0.717) is 46.9 Å². The Kier molecular flexibility index (Phi) is 8.72. The molecular weight excluding hydrogens is 621 g/mol. The van der Waals surface area contributed by atoms with E-state index in [-0.39, 0.29) is 17.1 Å². The Labute approximate surface area is 288 Å². The van der Waals surface area contributed by atoms with Gasteiger partial charge in [0.15, 0.2) is 5.82 Å². The van der Waals surface area contributed by atoms with Crippen LogP contribution in [0.2, 0.25) is 0 Å². The lowest BCUT2D eigenvalue weighted by Crippen LogP contribution is -2.65. The van der Waals surface area contributed by atoms with Crippen molar-refractivity contribution in [3.05, 3.63) is 48.6 Å². The molecule has 5 fully saturated rings. The van der Waals surface area contributed by atoms with Crippen molar-refractivity contribution in [2.45, 2.75) is 77.3 Å². The molecule has 5 heterocycles. The Balaban J connectivity index is 0.920. The minimum Gasteiger partial charge on any atom is -0.434 e. The molecule has 1 atom stereocenters. The Morgan fingerprint density at radius 1 is 1.00 bits per heavy atom. The van der Waals surface area contributed by atoms with Crippen LogP contribution in [0.3, 0.4) is 0 Å². The first-order chi connectivity index (χ1) is 23.8. The van der Waals surface area contributed by atoms with E-state index < -0.39 is 0 Å². The van der Waals surface area contributed by atoms with Crippen LogP contribution >= 0.6 is 0 Å². The van der Waals surface area contributed by atoms with Gasteiger partial charge < -0.3 is 14.5 Å². The van der Waals surface area contributed by atoms with Crippen molar-refractivity contribution in [1.29, 1.82) is 0 Å². The van der Waals surface area contributed by atoms with E-state index in [1.165, 1.54) is 31.3 Å². The first-order valence-electron chi connectivity index (χ1n) is 18.2. The molecule has 11 nitrogen and oxygen atoms in total. The van der Waals surface area contributed by atoms with Crippen molar-refractivity contribution in [2.75, 3.05) is 57.3 Å². The number of halogens is 1. The van der Waals surface area contributed by atoms with Crippen LogP contribution in [-0.2, 0) is 4.79 Å². The number of benzene rings is 1. The van der Waals surface area contributed by atoms with Gasteiger partial charge in [-0.2, -0.15) is 0 Å². The van der Waals surface area contributed by atoms with Gasteiger partial charge in [0.1, 0.15) is 24.2 Å². The highest BCUT2D eigenvalue weighted by Crippen LogP contribution is 2.49. The fraction of sp³-hybridized carbons (Fsp3) is 0.622. The highest BCUT2D eigenvalue weighted by atomic mass is 19.1. The summed E-state index contributed by atoms with van der Waals surface area (Å²) >= 11 is 0. The molecule has 1 aromatic carbocycles. The van der Waals surface area contributed by atoms with Crippen molar-refractivity contribution >= 4 is 11.7 Å². The van der Waals surface area contributed by atoms with Crippen molar-refractivity contribution < 1.29 is 13.9 Å². The molecule has 5 aliphatic rings. The van der Waals surface area contributed by atoms with Crippen molar-refractivity contribution in [3.63, 3.8) is 0 Å². The molecule has 2 aromatic heterocycles. The van der Waals surface area contributed by atoms with Gasteiger partial charge in [-0.05, 0) is 68.6 Å². The Bertz CT molecular complexity index is 1670. The van der Waals surface area contributed by atoms with E-state index in [1.807, 2.05) is 4.90 Å². The number of aromatic nitrogens is 5. The fourth-order valence-corrected chi connectivity index (χ4v) is 9.16. The predicted molar refractivity (Wildman–Crippen MR) is 184 cm³/mol. The van der Waals surface area contributed by atoms with Crippen molar-refractivity contribution in [2.24, 2.45) is 17.3 Å². The van der Waals surface area contributed by atoms with E-state index in [2.05, 4.69) is 53.7 Å². The third kappa shape index (κ3) is 6.49. The predicted octanol–water partition coefficient (Wildman–Crippen LogP) is 5.01. The summed E-state index contributed by atoms with van der Waals surface area (Å²) < 4.78 is 21.0. The van der Waals surface area contributed by atoms with Crippen molar-refractivity contribution in [3.8, 4) is 22.8 Å². The molecule has 1 amide bonds. The second-order valence-corrected chi connectivity index (χ2v) is 15.5. The molecule has 12 heteroatoms. The number of anilines is 1. The molecule has 0 unspecified atom stereocenters. The maximum Gasteiger partial charge on any atom is 0.282 e. The highest BCUT2D eigenvalue weighted by Gasteiger charge is 2.53. The van der Waals surface area contributed by atoms with Crippen LogP contribution in [0.15, 0.2) is 37.1 Å². The number of rotatable bonds is 9. The first-order valence-corrected chi connectivity index (χ1v) is 18.2. The maximum atomic E-state index is 14.6. The van der Waals surface area contributed by atoms with E-state index >= 15 is 0 Å². The number of carbonyl (C=O) groups excluding carboxylic acids is 1. The number of hydrogen-bond donors (Lipinski definition) is 0. The van der Waals surface area contributed by atoms with Gasteiger partial charge in [-0.1, -0.05) is 13.8 Å². The maximum absolute atomic E-state index is 14.6. The molecule has 0 radical (unpaired) electrons. The van der Waals surface area contributed by atoms with Crippen LogP contribution in [0.25, 0.3) is 11.1 Å². The van der Waals surface area contributed by atoms with Gasteiger partial charge in [0.2, 0.25) is 5.91 Å². The van der Waals surface area contributed by atoms with E-state index in [4.69, 9.17) is 4.74 Å². The molecule has 49 heavy (non-hydrogen) atoms. The molecule has 0 N–H and O–H groups in total. The summed E-state index contributed by atoms with van der Waals surface area (Å²) in [5.41, 5.74) is 2.55. The zero-order valence-electron chi connectivity index (χ0n) is 29.0. The average molecular weight is 670 g/mol. The zero-order valence-corrected chi connectivity index (χ0v) is 29.0. The lowest BCUT2D eigenvalue weighted by atomic mass is 9.68. The highest BCUT2D eigenvalue weighted by molar-refractivity contribution is 5.74. The third-order valence-electron chi connectivity index (χ3n) is 11.8. The molecule has 3 aromatic rings. The normalized spacial score (nSPS) is 24.8. The third-order valence-corrected chi connectivity index (χ3v) is 11.8. The molecule has 8 rings (SSSR count). The van der Waals surface area contributed by atoms with E-state index in [0.717, 1.165) is 95.2 Å². The van der Waals surface area contributed by atoms with Gasteiger partial charge in [-0.3, -0.25) is 14.6 Å². The number of likely N-dealkylation sites (tertiary alicyclic amines) is 1. The summed E-state index contributed by atoms with van der Waals surface area (Å²) in [6.45, 7) is 14.3. The van der Waals surface area contributed by atoms with Crippen LogP contribution in [0.4, 0.5) is 10.2 Å². The molecule has 0 bridgehead atoms. The summed E-state index contributed by atoms with van der Waals surface area (Å²) in [4.78, 5) is 35.0. The lowest BCUT2D eigenvalue weighted by molar-refractivity contribution is -0.128. The van der Waals surface area contributed by atoms with Crippen molar-refractivity contribution in [1.82, 2.24) is 39.8 Å². The minimum absolute atomic E-state index is 0.202. The van der Waals surface area contributed by atoms with Gasteiger partial charge in [0.05, 0.1) is 5.69 Å². The number of carbonyl (C=O) groups is 1. The van der Waals surface area contributed by atoms with Gasteiger partial charge in [0.25, 0.3) is 5.88 Å². The molecule has 2 aliphatic carbocycles. The summed E-state index contributed by atoms with van der Waals surface area (Å²) in [7, 11) is 0. The van der Waals surface area contributed by atoms with Crippen LogP contribution in [0.1, 0.15) is 70.9 Å². The van der Waals surface area contributed by atoms with Crippen LogP contribution in [-0.4, -0.2) is 110 Å². The summed E-state index contributed by atoms with van der Waals surface area (Å²) in [5, 5.41) is 8.44. The molecule has 260 valence electrons. The fourth-order valence-electron chi connectivity index (χ4n) is 9.16. The minimum atomic E-state index is -0.346. The van der Waals surface area contributed by atoms with Gasteiger partial charge in [-0.15, -0.1) is 10.2 Å². The second kappa shape index (κ2) is 13.2.